The third-order valence-corrected chi connectivity index (χ3v) is 5.64. The minimum absolute atomic E-state index is 0.344. The van der Waals surface area contributed by atoms with E-state index in [1.165, 1.54) is 18.4 Å². The molecular weight excluding hydrogens is 356 g/mol. The summed E-state index contributed by atoms with van der Waals surface area (Å²) in [6.45, 7) is 4.37. The number of hydrogen-bond acceptors (Lipinski definition) is 1. The van der Waals surface area contributed by atoms with E-state index in [4.69, 9.17) is 0 Å². The predicted molar refractivity (Wildman–Crippen MR) is 82.7 cm³/mol. The van der Waals surface area contributed by atoms with Crippen molar-refractivity contribution in [2.45, 2.75) is 45.6 Å². The Kier molecular flexibility index (Phi) is 4.90. The molecule has 1 fully saturated rings. The zero-order valence-electron chi connectivity index (χ0n) is 10.9. The molecule has 0 saturated heterocycles. The third-order valence-electron chi connectivity index (χ3n) is 4.10. The molecule has 0 radical (unpaired) electrons. The van der Waals surface area contributed by atoms with Gasteiger partial charge in [0.1, 0.15) is 0 Å². The molecule has 0 bridgehead atoms. The number of aliphatic hydroxyl groups is 1. The lowest BCUT2D eigenvalue weighted by atomic mass is 9.78. The summed E-state index contributed by atoms with van der Waals surface area (Å²) in [5, 5.41) is 10.6. The summed E-state index contributed by atoms with van der Waals surface area (Å²) in [5.74, 6) is 1.23. The Morgan fingerprint density at radius 1 is 1.11 bits per heavy atom. The van der Waals surface area contributed by atoms with Gasteiger partial charge in [0.05, 0.1) is 6.10 Å². The van der Waals surface area contributed by atoms with Gasteiger partial charge >= 0.3 is 0 Å². The molecule has 1 saturated carbocycles. The molecule has 0 heterocycles. The molecule has 3 heteroatoms. The topological polar surface area (TPSA) is 20.2 Å². The van der Waals surface area contributed by atoms with Crippen molar-refractivity contribution < 1.29 is 5.11 Å². The molecule has 18 heavy (non-hydrogen) atoms. The van der Waals surface area contributed by atoms with Crippen LogP contribution in [0.5, 0.6) is 0 Å². The lowest BCUT2D eigenvalue weighted by Crippen LogP contribution is -2.19. The predicted octanol–water partition coefficient (Wildman–Crippen LogP) is 5.38. The smallest absolute Gasteiger partial charge is 0.0829 e. The molecule has 0 aliphatic heterocycles. The molecule has 2 rings (SSSR count). The summed E-state index contributed by atoms with van der Waals surface area (Å²) in [5.41, 5.74) is 2.21. The van der Waals surface area contributed by atoms with Gasteiger partial charge in [0.2, 0.25) is 0 Å². The number of aryl methyl sites for hydroxylation is 1. The van der Waals surface area contributed by atoms with E-state index in [1.807, 2.05) is 0 Å². The summed E-state index contributed by atoms with van der Waals surface area (Å²) in [7, 11) is 0. The van der Waals surface area contributed by atoms with E-state index in [0.717, 1.165) is 33.3 Å². The Balaban J connectivity index is 2.18. The molecule has 1 aliphatic carbocycles. The van der Waals surface area contributed by atoms with Gasteiger partial charge in [0.25, 0.3) is 0 Å². The fourth-order valence-electron chi connectivity index (χ4n) is 2.74. The first-order chi connectivity index (χ1) is 8.49. The highest BCUT2D eigenvalue weighted by atomic mass is 79.9. The normalized spacial score (nSPS) is 26.1. The van der Waals surface area contributed by atoms with Gasteiger partial charge < -0.3 is 5.11 Å². The molecule has 1 aliphatic rings. The highest BCUT2D eigenvalue weighted by molar-refractivity contribution is 9.11. The van der Waals surface area contributed by atoms with Crippen molar-refractivity contribution in [3.05, 3.63) is 32.2 Å². The van der Waals surface area contributed by atoms with Gasteiger partial charge in [-0.1, -0.05) is 51.6 Å². The van der Waals surface area contributed by atoms with Crippen LogP contribution in [-0.2, 0) is 0 Å². The van der Waals surface area contributed by atoms with Crippen molar-refractivity contribution in [3.8, 4) is 0 Å². The second kappa shape index (κ2) is 6.06. The quantitative estimate of drug-likeness (QED) is 0.735. The molecule has 1 aromatic rings. The highest BCUT2D eigenvalue weighted by Crippen LogP contribution is 2.40. The number of aliphatic hydroxyl groups excluding tert-OH is 1. The van der Waals surface area contributed by atoms with Crippen LogP contribution in [0.25, 0.3) is 0 Å². The zero-order valence-corrected chi connectivity index (χ0v) is 14.1. The first-order valence-electron chi connectivity index (χ1n) is 6.62. The first kappa shape index (κ1) is 14.5. The fourth-order valence-corrected chi connectivity index (χ4v) is 3.80. The van der Waals surface area contributed by atoms with Gasteiger partial charge in [-0.3, -0.25) is 0 Å². The van der Waals surface area contributed by atoms with Crippen molar-refractivity contribution in [1.29, 1.82) is 0 Å². The van der Waals surface area contributed by atoms with E-state index in [2.05, 4.69) is 57.8 Å². The summed E-state index contributed by atoms with van der Waals surface area (Å²) < 4.78 is 2.10. The Morgan fingerprint density at radius 2 is 1.72 bits per heavy atom. The Bertz CT molecular complexity index is 423. The maximum absolute atomic E-state index is 10.6. The first-order valence-corrected chi connectivity index (χ1v) is 8.21. The van der Waals surface area contributed by atoms with E-state index < -0.39 is 0 Å². The standard InChI is InChI=1S/C15H20Br2O/c1-9-3-5-11(6-4-9)15(18)12-8-13(16)10(2)7-14(12)17/h7-9,11,15,18H,3-6H2,1-2H3. The van der Waals surface area contributed by atoms with E-state index in [9.17, 15) is 5.11 Å². The van der Waals surface area contributed by atoms with Crippen molar-refractivity contribution >= 4 is 31.9 Å². The van der Waals surface area contributed by atoms with Crippen molar-refractivity contribution in [3.63, 3.8) is 0 Å². The van der Waals surface area contributed by atoms with Crippen LogP contribution in [0, 0.1) is 18.8 Å². The van der Waals surface area contributed by atoms with Crippen LogP contribution in [0.15, 0.2) is 21.1 Å². The highest BCUT2D eigenvalue weighted by Gasteiger charge is 2.27. The lowest BCUT2D eigenvalue weighted by molar-refractivity contribution is 0.0749. The Morgan fingerprint density at radius 3 is 2.33 bits per heavy atom. The Labute approximate surface area is 126 Å². The summed E-state index contributed by atoms with van der Waals surface area (Å²) in [6, 6.07) is 4.14. The molecule has 1 aromatic carbocycles. The SMILES string of the molecule is Cc1cc(Br)c(C(O)C2CCC(C)CC2)cc1Br. The van der Waals surface area contributed by atoms with Crippen LogP contribution in [0.1, 0.15) is 49.8 Å². The molecule has 0 amide bonds. The van der Waals surface area contributed by atoms with Crippen molar-refractivity contribution in [2.75, 3.05) is 0 Å². The zero-order chi connectivity index (χ0) is 13.3. The van der Waals surface area contributed by atoms with E-state index in [-0.39, 0.29) is 6.10 Å². The summed E-state index contributed by atoms with van der Waals surface area (Å²) in [6.07, 6.45) is 4.42. The monoisotopic (exact) mass is 374 g/mol. The summed E-state index contributed by atoms with van der Waals surface area (Å²) >= 11 is 7.13. The number of rotatable bonds is 2. The fraction of sp³-hybridized carbons (Fsp3) is 0.600. The maximum Gasteiger partial charge on any atom is 0.0829 e. The third kappa shape index (κ3) is 3.17. The van der Waals surface area contributed by atoms with Crippen molar-refractivity contribution in [1.82, 2.24) is 0 Å². The molecule has 1 N–H and O–H groups in total. The summed E-state index contributed by atoms with van der Waals surface area (Å²) in [4.78, 5) is 0. The molecule has 1 nitrogen and oxygen atoms in total. The van der Waals surface area contributed by atoms with Crippen LogP contribution in [0.4, 0.5) is 0 Å². The van der Waals surface area contributed by atoms with Gasteiger partial charge in [0.15, 0.2) is 0 Å². The number of benzene rings is 1. The van der Waals surface area contributed by atoms with Crippen molar-refractivity contribution in [2.24, 2.45) is 11.8 Å². The van der Waals surface area contributed by atoms with E-state index in [0.29, 0.717) is 5.92 Å². The lowest BCUT2D eigenvalue weighted by Gasteiger charge is -2.30. The van der Waals surface area contributed by atoms with Crippen LogP contribution in [-0.4, -0.2) is 5.11 Å². The van der Waals surface area contributed by atoms with Gasteiger partial charge in [-0.25, -0.2) is 0 Å². The van der Waals surface area contributed by atoms with Crippen LogP contribution >= 0.6 is 31.9 Å². The van der Waals surface area contributed by atoms with Crippen LogP contribution < -0.4 is 0 Å². The van der Waals surface area contributed by atoms with Gasteiger partial charge in [-0.15, -0.1) is 0 Å². The minimum atomic E-state index is -0.344. The minimum Gasteiger partial charge on any atom is -0.388 e. The van der Waals surface area contributed by atoms with E-state index >= 15 is 0 Å². The second-order valence-electron chi connectivity index (χ2n) is 5.59. The molecule has 100 valence electrons. The molecular formula is C15H20Br2O. The largest absolute Gasteiger partial charge is 0.388 e. The average molecular weight is 376 g/mol. The number of hydrogen-bond donors (Lipinski definition) is 1. The second-order valence-corrected chi connectivity index (χ2v) is 7.30. The van der Waals surface area contributed by atoms with Gasteiger partial charge in [-0.05, 0) is 54.9 Å². The molecule has 0 spiro atoms. The Hall–Kier alpha value is 0.140. The number of halogens is 2. The van der Waals surface area contributed by atoms with Gasteiger partial charge in [-0.2, -0.15) is 0 Å². The van der Waals surface area contributed by atoms with Crippen LogP contribution in [0.3, 0.4) is 0 Å². The van der Waals surface area contributed by atoms with Gasteiger partial charge in [0, 0.05) is 8.95 Å². The maximum atomic E-state index is 10.6. The molecule has 1 unspecified atom stereocenters. The van der Waals surface area contributed by atoms with Crippen LogP contribution in [0.2, 0.25) is 0 Å². The molecule has 1 atom stereocenters. The average Bonchev–Trinajstić information content (AvgIpc) is 2.34. The van der Waals surface area contributed by atoms with E-state index in [1.54, 1.807) is 0 Å². The molecule has 0 aromatic heterocycles.